The van der Waals surface area contributed by atoms with Crippen LogP contribution in [0, 0.1) is 3.57 Å². The lowest BCUT2D eigenvalue weighted by molar-refractivity contribution is -0.139. The molecule has 3 rings (SSSR count). The summed E-state index contributed by atoms with van der Waals surface area (Å²) >= 11 is 5.41. The molecule has 39 heavy (non-hydrogen) atoms. The fourth-order valence-corrected chi connectivity index (χ4v) is 5.48. The van der Waals surface area contributed by atoms with Gasteiger partial charge in [0.1, 0.15) is 6.04 Å². The highest BCUT2D eigenvalue weighted by atomic mass is 127. The van der Waals surface area contributed by atoms with Gasteiger partial charge in [-0.1, -0.05) is 30.3 Å². The minimum Gasteiger partial charge on any atom is -0.490 e. The number of hydrogen-bond acceptors (Lipinski definition) is 7. The number of sulfonamides is 1. The number of nitrogens with one attached hydrogen (secondary N) is 2. The van der Waals surface area contributed by atoms with Crippen molar-refractivity contribution in [3.05, 3.63) is 85.9 Å². The molecule has 0 unspecified atom stereocenters. The van der Waals surface area contributed by atoms with Crippen molar-refractivity contribution < 1.29 is 32.6 Å². The van der Waals surface area contributed by atoms with Gasteiger partial charge in [-0.15, -0.1) is 0 Å². The zero-order valence-corrected chi connectivity index (χ0v) is 25.2. The molecule has 3 aromatic carbocycles. The Labute approximate surface area is 248 Å². The molecule has 1 amide bonds. The molecule has 0 spiro atoms. The van der Waals surface area contributed by atoms with Crippen LogP contribution in [0.25, 0.3) is 0 Å². The van der Waals surface area contributed by atoms with E-state index in [1.807, 2.05) is 6.07 Å². The van der Waals surface area contributed by atoms with Crippen LogP contribution >= 0.6 is 38.5 Å². The molecule has 3 N–H and O–H groups in total. The van der Waals surface area contributed by atoms with Crippen LogP contribution in [-0.2, 0) is 26.0 Å². The van der Waals surface area contributed by atoms with Gasteiger partial charge in [0.05, 0.1) is 22.2 Å². The average Bonchev–Trinajstić information content (AvgIpc) is 2.88. The monoisotopic (exact) mass is 729 g/mol. The molecule has 0 heterocycles. The minimum atomic E-state index is -4.00. The number of ether oxygens (including phenoxy) is 2. The van der Waals surface area contributed by atoms with E-state index in [-0.39, 0.29) is 22.8 Å². The maximum atomic E-state index is 13.1. The summed E-state index contributed by atoms with van der Waals surface area (Å²) < 4.78 is 40.7. The number of carboxylic acid groups (broad SMARTS) is 1. The highest BCUT2D eigenvalue weighted by Crippen LogP contribution is 2.36. The molecule has 0 aliphatic heterocycles. The summed E-state index contributed by atoms with van der Waals surface area (Å²) in [6.45, 7) is 1.51. The Kier molecular flexibility index (Phi) is 11.3. The third-order valence-corrected chi connectivity index (χ3v) is 7.88. The van der Waals surface area contributed by atoms with Crippen LogP contribution < -0.4 is 19.6 Å². The lowest BCUT2D eigenvalue weighted by Gasteiger charge is -2.17. The van der Waals surface area contributed by atoms with Gasteiger partial charge in [-0.05, 0) is 99.4 Å². The summed E-state index contributed by atoms with van der Waals surface area (Å²) in [7, 11) is -4.00. The molecule has 0 aliphatic carbocycles. The predicted molar refractivity (Wildman–Crippen MR) is 158 cm³/mol. The van der Waals surface area contributed by atoms with Gasteiger partial charge in [0.15, 0.2) is 18.1 Å². The number of carbonyl (C=O) groups excluding carboxylic acids is 1. The molecule has 0 fully saturated rings. The van der Waals surface area contributed by atoms with E-state index < -0.39 is 34.5 Å². The number of aliphatic carboxylic acids is 1. The van der Waals surface area contributed by atoms with Crippen molar-refractivity contribution >= 4 is 66.6 Å². The predicted octanol–water partition coefficient (Wildman–Crippen LogP) is 3.96. The number of benzene rings is 3. The molecular formula is C26H25BrIN3O7S. The van der Waals surface area contributed by atoms with Crippen molar-refractivity contribution in [2.45, 2.75) is 24.3 Å². The molecular weight excluding hydrogens is 705 g/mol. The van der Waals surface area contributed by atoms with E-state index in [9.17, 15) is 18.0 Å². The quantitative estimate of drug-likeness (QED) is 0.137. The van der Waals surface area contributed by atoms with E-state index in [0.717, 1.165) is 9.13 Å². The van der Waals surface area contributed by atoms with Gasteiger partial charge in [-0.3, -0.25) is 4.79 Å². The zero-order valence-electron chi connectivity index (χ0n) is 20.6. The Morgan fingerprint density at radius 2 is 1.79 bits per heavy atom. The third-order valence-electron chi connectivity index (χ3n) is 5.08. The molecule has 13 heteroatoms. The Balaban J connectivity index is 1.80. The number of hydrazone groups is 1. The zero-order chi connectivity index (χ0) is 28.4. The Morgan fingerprint density at radius 3 is 2.44 bits per heavy atom. The standard InChI is InChI=1S/C26H25BrIN3O7S/c1-2-37-23-14-18(12-21(27)25(23)38-16-24(32)33)15-29-30-26(34)22(13-17-6-4-3-5-7-17)31-39(35,36)20-10-8-19(28)9-11-20/h3-12,14-15,22,31H,2,13,16H2,1H3,(H,30,34)(H,32,33)/b29-15-/t22-/m1/s1. The highest BCUT2D eigenvalue weighted by Gasteiger charge is 2.26. The smallest absolute Gasteiger partial charge is 0.341 e. The van der Waals surface area contributed by atoms with Crippen molar-refractivity contribution in [1.82, 2.24) is 10.1 Å². The number of hydrogen-bond donors (Lipinski definition) is 3. The van der Waals surface area contributed by atoms with Gasteiger partial charge in [0.2, 0.25) is 10.0 Å². The molecule has 1 atom stereocenters. The van der Waals surface area contributed by atoms with Gasteiger partial charge in [-0.2, -0.15) is 9.82 Å². The number of nitrogens with zero attached hydrogens (tertiary/aromatic N) is 1. The summed E-state index contributed by atoms with van der Waals surface area (Å²) in [4.78, 5) is 24.0. The summed E-state index contributed by atoms with van der Waals surface area (Å²) in [6, 6.07) is 17.3. The van der Waals surface area contributed by atoms with E-state index >= 15 is 0 Å². The molecule has 0 bridgehead atoms. The SMILES string of the molecule is CCOc1cc(/C=N\NC(=O)[C@@H](Cc2ccccc2)NS(=O)(=O)c2ccc(I)cc2)cc(Br)c1OCC(=O)O. The summed E-state index contributed by atoms with van der Waals surface area (Å²) in [5.74, 6) is -1.29. The summed E-state index contributed by atoms with van der Waals surface area (Å²) in [6.07, 6.45) is 1.45. The van der Waals surface area contributed by atoms with Gasteiger partial charge in [-0.25, -0.2) is 18.6 Å². The van der Waals surface area contributed by atoms with Crippen molar-refractivity contribution in [2.24, 2.45) is 5.10 Å². The Bertz CT molecular complexity index is 1440. The van der Waals surface area contributed by atoms with E-state index in [0.29, 0.717) is 16.6 Å². The average molecular weight is 730 g/mol. The fourth-order valence-electron chi connectivity index (χ4n) is 3.35. The molecule has 0 radical (unpaired) electrons. The van der Waals surface area contributed by atoms with Gasteiger partial charge >= 0.3 is 5.97 Å². The second-order valence-corrected chi connectivity index (χ2v) is 11.8. The maximum Gasteiger partial charge on any atom is 0.341 e. The highest BCUT2D eigenvalue weighted by molar-refractivity contribution is 14.1. The summed E-state index contributed by atoms with van der Waals surface area (Å²) in [5.41, 5.74) is 3.66. The van der Waals surface area contributed by atoms with Gasteiger partial charge < -0.3 is 14.6 Å². The van der Waals surface area contributed by atoms with Gasteiger partial charge in [0.25, 0.3) is 5.91 Å². The Morgan fingerprint density at radius 1 is 1.10 bits per heavy atom. The van der Waals surface area contributed by atoms with Crippen molar-refractivity contribution in [1.29, 1.82) is 0 Å². The number of halogens is 2. The first-order valence-corrected chi connectivity index (χ1v) is 14.9. The van der Waals surface area contributed by atoms with E-state index in [2.05, 4.69) is 53.8 Å². The number of carbonyl (C=O) groups is 2. The van der Waals surface area contributed by atoms with Crippen molar-refractivity contribution in [3.8, 4) is 11.5 Å². The summed E-state index contributed by atoms with van der Waals surface area (Å²) in [5, 5.41) is 12.9. The van der Waals surface area contributed by atoms with Crippen molar-refractivity contribution in [3.63, 3.8) is 0 Å². The van der Waals surface area contributed by atoms with E-state index in [1.54, 1.807) is 55.5 Å². The van der Waals surface area contributed by atoms with Crippen LogP contribution in [0.1, 0.15) is 18.1 Å². The van der Waals surface area contributed by atoms with Gasteiger partial charge in [0, 0.05) is 3.57 Å². The molecule has 0 aromatic heterocycles. The molecule has 0 aliphatic rings. The first-order chi connectivity index (χ1) is 18.6. The topological polar surface area (TPSA) is 143 Å². The van der Waals surface area contributed by atoms with Crippen LogP contribution in [0.5, 0.6) is 11.5 Å². The minimum absolute atomic E-state index is 0.0378. The molecule has 3 aromatic rings. The number of carboxylic acids is 1. The Hall–Kier alpha value is -3.01. The number of amides is 1. The lowest BCUT2D eigenvalue weighted by Crippen LogP contribution is -2.46. The first-order valence-electron chi connectivity index (χ1n) is 11.5. The van der Waals surface area contributed by atoms with Crippen LogP contribution in [-0.4, -0.2) is 50.9 Å². The van der Waals surface area contributed by atoms with E-state index in [4.69, 9.17) is 14.6 Å². The molecule has 0 saturated heterocycles. The fraction of sp³-hybridized carbons (Fsp3) is 0.192. The maximum absolute atomic E-state index is 13.1. The van der Waals surface area contributed by atoms with Crippen LogP contribution in [0.15, 0.2) is 81.2 Å². The second kappa shape index (κ2) is 14.4. The van der Waals surface area contributed by atoms with E-state index in [1.165, 1.54) is 18.3 Å². The van der Waals surface area contributed by atoms with Crippen LogP contribution in [0.2, 0.25) is 0 Å². The molecule has 10 nitrogen and oxygen atoms in total. The first kappa shape index (κ1) is 30.5. The molecule has 0 saturated carbocycles. The largest absolute Gasteiger partial charge is 0.490 e. The normalized spacial score (nSPS) is 12.2. The lowest BCUT2D eigenvalue weighted by atomic mass is 10.1. The van der Waals surface area contributed by atoms with Crippen LogP contribution in [0.3, 0.4) is 0 Å². The third kappa shape index (κ3) is 9.30. The van der Waals surface area contributed by atoms with Crippen molar-refractivity contribution in [2.75, 3.05) is 13.2 Å². The molecule has 206 valence electrons. The second-order valence-electron chi connectivity index (χ2n) is 8.00. The number of rotatable bonds is 13. The van der Waals surface area contributed by atoms with Crippen LogP contribution in [0.4, 0.5) is 0 Å².